The fourth-order valence-electron chi connectivity index (χ4n) is 6.57. The molecule has 2 bridgehead atoms. The molecule has 0 aromatic heterocycles. The van der Waals surface area contributed by atoms with Gasteiger partial charge in [-0.2, -0.15) is 0 Å². The van der Waals surface area contributed by atoms with E-state index in [0.29, 0.717) is 17.6 Å². The van der Waals surface area contributed by atoms with Crippen molar-refractivity contribution in [3.63, 3.8) is 0 Å². The van der Waals surface area contributed by atoms with Crippen LogP contribution in [0.5, 0.6) is 5.75 Å². The number of benzene rings is 1. The van der Waals surface area contributed by atoms with Crippen LogP contribution < -0.4 is 4.74 Å². The summed E-state index contributed by atoms with van der Waals surface area (Å²) >= 11 is 0. The standard InChI is InChI=1S/C28H36O8/c1-14-10-11-17(13-20(14)35-28-24(31)22(29)23(30)26(36-28)27(32)33)25(34-2)21-16-7-5-9-19(21)18-8-4-3-6-15(18)12-16/h10-11,13,16,19,22-24,26,28-31H,3-9,12H2,1-2H3,(H,32,33)/b25-21+/t16?,19?,22-,23-,24?,26?,28+/m0/s1. The number of methoxy groups -OCH3 is 1. The van der Waals surface area contributed by atoms with Crippen LogP contribution in [0, 0.1) is 18.8 Å². The Bertz CT molecular complexity index is 1080. The third kappa shape index (κ3) is 4.45. The number of aliphatic hydroxyl groups excluding tert-OH is 3. The third-order valence-electron chi connectivity index (χ3n) is 8.38. The minimum absolute atomic E-state index is 0.387. The van der Waals surface area contributed by atoms with Gasteiger partial charge in [0.05, 0.1) is 7.11 Å². The van der Waals surface area contributed by atoms with Crippen LogP contribution >= 0.6 is 0 Å². The average Bonchev–Trinajstić information content (AvgIpc) is 2.86. The van der Waals surface area contributed by atoms with Gasteiger partial charge in [-0.25, -0.2) is 4.79 Å². The number of carboxylic acid groups (broad SMARTS) is 1. The summed E-state index contributed by atoms with van der Waals surface area (Å²) in [5, 5.41) is 39.9. The number of aliphatic hydroxyl groups is 3. The fourth-order valence-corrected chi connectivity index (χ4v) is 6.57. The molecule has 4 N–H and O–H groups in total. The zero-order valence-electron chi connectivity index (χ0n) is 20.9. The van der Waals surface area contributed by atoms with Crippen molar-refractivity contribution in [3.05, 3.63) is 46.0 Å². The predicted octanol–water partition coefficient (Wildman–Crippen LogP) is 3.31. The highest BCUT2D eigenvalue weighted by Gasteiger charge is 2.48. The van der Waals surface area contributed by atoms with E-state index in [-0.39, 0.29) is 0 Å². The number of hydrogen-bond acceptors (Lipinski definition) is 7. The minimum Gasteiger partial charge on any atom is -0.496 e. The van der Waals surface area contributed by atoms with Gasteiger partial charge in [-0.3, -0.25) is 0 Å². The lowest BCUT2D eigenvalue weighted by molar-refractivity contribution is -0.271. The molecule has 4 unspecified atom stereocenters. The molecule has 5 rings (SSSR count). The number of allylic oxidation sites excluding steroid dienone is 3. The Balaban J connectivity index is 1.48. The zero-order valence-corrected chi connectivity index (χ0v) is 20.9. The van der Waals surface area contributed by atoms with Crippen LogP contribution in [-0.2, 0) is 14.3 Å². The quantitative estimate of drug-likeness (QED) is 0.358. The normalized spacial score (nSPS) is 35.6. The van der Waals surface area contributed by atoms with Gasteiger partial charge in [-0.05, 0) is 75.0 Å². The highest BCUT2D eigenvalue weighted by Crippen LogP contribution is 2.53. The number of ether oxygens (including phenoxy) is 3. The third-order valence-corrected chi connectivity index (χ3v) is 8.38. The molecule has 1 aromatic carbocycles. The first-order chi connectivity index (χ1) is 17.3. The molecule has 36 heavy (non-hydrogen) atoms. The van der Waals surface area contributed by atoms with Crippen LogP contribution in [0.3, 0.4) is 0 Å². The van der Waals surface area contributed by atoms with Gasteiger partial charge in [0.25, 0.3) is 0 Å². The lowest BCUT2D eigenvalue weighted by Gasteiger charge is -2.43. The van der Waals surface area contributed by atoms with Crippen molar-refractivity contribution in [2.24, 2.45) is 11.8 Å². The van der Waals surface area contributed by atoms with Crippen LogP contribution in [0.15, 0.2) is 34.9 Å². The molecule has 4 aliphatic rings. The number of hydrogen-bond donors (Lipinski definition) is 4. The maximum Gasteiger partial charge on any atom is 0.335 e. The van der Waals surface area contributed by atoms with Gasteiger partial charge in [0, 0.05) is 11.5 Å². The first kappa shape index (κ1) is 25.3. The lowest BCUT2D eigenvalue weighted by atomic mass is 9.62. The molecule has 1 saturated carbocycles. The molecule has 8 nitrogen and oxygen atoms in total. The summed E-state index contributed by atoms with van der Waals surface area (Å²) in [6.45, 7) is 1.84. The number of carboxylic acids is 1. The monoisotopic (exact) mass is 500 g/mol. The molecular formula is C28H36O8. The van der Waals surface area contributed by atoms with Crippen molar-refractivity contribution in [2.45, 2.75) is 89.0 Å². The number of fused-ring (bicyclic) bond motifs is 3. The van der Waals surface area contributed by atoms with E-state index >= 15 is 0 Å². The summed E-state index contributed by atoms with van der Waals surface area (Å²) in [7, 11) is 1.70. The summed E-state index contributed by atoms with van der Waals surface area (Å²) in [5.41, 5.74) is 6.27. The topological polar surface area (TPSA) is 126 Å². The van der Waals surface area contributed by atoms with Crippen molar-refractivity contribution in [1.29, 1.82) is 0 Å². The van der Waals surface area contributed by atoms with Crippen LogP contribution in [0.1, 0.15) is 62.5 Å². The molecule has 0 spiro atoms. The van der Waals surface area contributed by atoms with Crippen molar-refractivity contribution in [3.8, 4) is 5.75 Å². The van der Waals surface area contributed by atoms with E-state index < -0.39 is 36.7 Å². The number of carbonyl (C=O) groups is 1. The molecular weight excluding hydrogens is 464 g/mol. The summed E-state index contributed by atoms with van der Waals surface area (Å²) in [5.74, 6) is 0.690. The summed E-state index contributed by atoms with van der Waals surface area (Å²) < 4.78 is 17.3. The summed E-state index contributed by atoms with van der Waals surface area (Å²) in [6.07, 6.45) is 1.30. The Kier molecular flexibility index (Phi) is 7.14. The zero-order chi connectivity index (χ0) is 25.6. The molecule has 0 radical (unpaired) electrons. The van der Waals surface area contributed by atoms with E-state index in [1.165, 1.54) is 37.7 Å². The molecule has 1 aromatic rings. The molecule has 1 saturated heterocycles. The van der Waals surface area contributed by atoms with Gasteiger partial charge in [0.15, 0.2) is 6.10 Å². The van der Waals surface area contributed by atoms with Crippen molar-refractivity contribution < 1.29 is 39.4 Å². The molecule has 2 fully saturated rings. The second-order valence-electron chi connectivity index (χ2n) is 10.5. The molecule has 1 aliphatic heterocycles. The number of rotatable bonds is 5. The molecule has 7 atom stereocenters. The Hall–Kier alpha value is -2.39. The Labute approximate surface area is 211 Å². The van der Waals surface area contributed by atoms with Crippen molar-refractivity contribution in [1.82, 2.24) is 0 Å². The van der Waals surface area contributed by atoms with E-state index in [4.69, 9.17) is 14.2 Å². The van der Waals surface area contributed by atoms with E-state index in [1.807, 2.05) is 25.1 Å². The SMILES string of the molecule is CO/C(=C1\C2CCCC1C1=C(CCCC1)C2)c1ccc(C)c(O[C@@H]2OC(C(=O)O)[C@@H](O)[C@H](O)C2O)c1. The Morgan fingerprint density at radius 2 is 1.81 bits per heavy atom. The van der Waals surface area contributed by atoms with E-state index in [2.05, 4.69) is 0 Å². The highest BCUT2D eigenvalue weighted by molar-refractivity contribution is 5.73. The van der Waals surface area contributed by atoms with Gasteiger partial charge in [0.1, 0.15) is 29.8 Å². The van der Waals surface area contributed by atoms with Crippen LogP contribution in [0.4, 0.5) is 0 Å². The van der Waals surface area contributed by atoms with E-state index in [1.54, 1.807) is 18.3 Å². The van der Waals surface area contributed by atoms with Gasteiger partial charge >= 0.3 is 5.97 Å². The van der Waals surface area contributed by atoms with Gasteiger partial charge in [-0.1, -0.05) is 29.7 Å². The highest BCUT2D eigenvalue weighted by atomic mass is 16.7. The molecule has 1 heterocycles. The first-order valence-electron chi connectivity index (χ1n) is 13.0. The second-order valence-corrected chi connectivity index (χ2v) is 10.5. The maximum absolute atomic E-state index is 11.5. The van der Waals surface area contributed by atoms with Gasteiger partial charge in [0.2, 0.25) is 6.29 Å². The van der Waals surface area contributed by atoms with Gasteiger partial charge in [-0.15, -0.1) is 0 Å². The van der Waals surface area contributed by atoms with E-state index in [0.717, 1.165) is 36.1 Å². The molecule has 0 amide bonds. The predicted molar refractivity (Wildman–Crippen MR) is 131 cm³/mol. The van der Waals surface area contributed by atoms with Crippen molar-refractivity contribution >= 4 is 11.7 Å². The first-order valence-corrected chi connectivity index (χ1v) is 13.0. The number of aliphatic carboxylic acids is 1. The Morgan fingerprint density at radius 3 is 2.56 bits per heavy atom. The molecule has 196 valence electrons. The second kappa shape index (κ2) is 10.2. The largest absolute Gasteiger partial charge is 0.496 e. The summed E-state index contributed by atoms with van der Waals surface area (Å²) in [4.78, 5) is 11.5. The average molecular weight is 501 g/mol. The van der Waals surface area contributed by atoms with Gasteiger partial charge < -0.3 is 34.6 Å². The fraction of sp³-hybridized carbons (Fsp3) is 0.607. The van der Waals surface area contributed by atoms with Crippen LogP contribution in [0.2, 0.25) is 0 Å². The van der Waals surface area contributed by atoms with E-state index in [9.17, 15) is 25.2 Å². The van der Waals surface area contributed by atoms with Crippen LogP contribution in [0.25, 0.3) is 5.76 Å². The smallest absolute Gasteiger partial charge is 0.335 e. The Morgan fingerprint density at radius 1 is 1.03 bits per heavy atom. The van der Waals surface area contributed by atoms with Crippen molar-refractivity contribution in [2.75, 3.05) is 7.11 Å². The van der Waals surface area contributed by atoms with Crippen LogP contribution in [-0.4, -0.2) is 64.2 Å². The minimum atomic E-state index is -1.76. The molecule has 3 aliphatic carbocycles. The lowest BCUT2D eigenvalue weighted by Crippen LogP contribution is -2.61. The molecule has 8 heteroatoms. The number of aryl methyl sites for hydroxylation is 1. The maximum atomic E-state index is 11.5. The summed E-state index contributed by atoms with van der Waals surface area (Å²) in [6, 6.07) is 5.71.